The lowest BCUT2D eigenvalue weighted by molar-refractivity contribution is -0.118. The summed E-state index contributed by atoms with van der Waals surface area (Å²) in [5.74, 6) is 1.83. The van der Waals surface area contributed by atoms with Gasteiger partial charge in [0.1, 0.15) is 18.2 Å². The minimum Gasteiger partial charge on any atom is -0.491 e. The van der Waals surface area contributed by atoms with Crippen molar-refractivity contribution in [3.8, 4) is 5.75 Å². The van der Waals surface area contributed by atoms with E-state index < -0.39 is 6.10 Å². The van der Waals surface area contributed by atoms with E-state index >= 15 is 0 Å². The minimum absolute atomic E-state index is 0.168. The van der Waals surface area contributed by atoms with Crippen LogP contribution in [0.2, 0.25) is 5.02 Å². The number of aromatic nitrogens is 3. The van der Waals surface area contributed by atoms with Crippen molar-refractivity contribution in [2.45, 2.75) is 44.5 Å². The molecule has 1 heterocycles. The van der Waals surface area contributed by atoms with Crippen LogP contribution in [0, 0.1) is 5.92 Å². The van der Waals surface area contributed by atoms with Crippen LogP contribution in [0.15, 0.2) is 29.4 Å². The quantitative estimate of drug-likeness (QED) is 0.549. The van der Waals surface area contributed by atoms with Crippen LogP contribution in [0.4, 0.5) is 0 Å². The van der Waals surface area contributed by atoms with E-state index in [1.54, 1.807) is 24.3 Å². The first-order valence-electron chi connectivity index (χ1n) is 8.74. The van der Waals surface area contributed by atoms with Crippen LogP contribution in [0.3, 0.4) is 0 Å². The Morgan fingerprint density at radius 3 is 2.67 bits per heavy atom. The Bertz CT molecular complexity index is 737. The molecule has 0 saturated heterocycles. The maximum absolute atomic E-state index is 11.0. The van der Waals surface area contributed by atoms with E-state index in [1.165, 1.54) is 11.8 Å². The number of amides is 1. The van der Waals surface area contributed by atoms with Gasteiger partial charge in [-0.15, -0.1) is 10.2 Å². The molecule has 2 rings (SSSR count). The fourth-order valence-electron chi connectivity index (χ4n) is 2.34. The lowest BCUT2D eigenvalue weighted by Crippen LogP contribution is -2.20. The Labute approximate surface area is 168 Å². The highest BCUT2D eigenvalue weighted by Crippen LogP contribution is 2.21. The van der Waals surface area contributed by atoms with E-state index in [0.29, 0.717) is 34.0 Å². The molecule has 0 radical (unpaired) electrons. The van der Waals surface area contributed by atoms with Crippen LogP contribution in [-0.2, 0) is 17.8 Å². The maximum Gasteiger partial charge on any atom is 0.217 e. The molecular weight excluding hydrogens is 388 g/mol. The Kier molecular flexibility index (Phi) is 8.40. The molecule has 0 aliphatic heterocycles. The van der Waals surface area contributed by atoms with Gasteiger partial charge in [-0.05, 0) is 30.2 Å². The van der Waals surface area contributed by atoms with Crippen molar-refractivity contribution in [1.29, 1.82) is 0 Å². The van der Waals surface area contributed by atoms with E-state index in [0.717, 1.165) is 12.4 Å². The van der Waals surface area contributed by atoms with E-state index in [4.69, 9.17) is 22.1 Å². The molecular formula is C18H25ClN4O3S. The van der Waals surface area contributed by atoms with Gasteiger partial charge in [0.15, 0.2) is 5.16 Å². The summed E-state index contributed by atoms with van der Waals surface area (Å²) in [6.07, 6.45) is 0.0278. The number of nitrogens with two attached hydrogens (primary N) is 1. The number of benzene rings is 1. The van der Waals surface area contributed by atoms with Crippen molar-refractivity contribution in [1.82, 2.24) is 14.8 Å². The Balaban J connectivity index is 1.90. The molecule has 0 spiro atoms. The summed E-state index contributed by atoms with van der Waals surface area (Å²) >= 11 is 7.25. The highest BCUT2D eigenvalue weighted by Gasteiger charge is 2.16. The zero-order valence-corrected chi connectivity index (χ0v) is 17.0. The third-order valence-electron chi connectivity index (χ3n) is 3.60. The van der Waals surface area contributed by atoms with E-state index in [-0.39, 0.29) is 18.9 Å². The number of aliphatic hydroxyl groups is 1. The molecule has 0 fully saturated rings. The first-order chi connectivity index (χ1) is 12.8. The SMILES string of the molecule is CC(C)Cn1c(CCC(N)=O)nnc1SCC(O)COc1ccc(Cl)cc1. The summed E-state index contributed by atoms with van der Waals surface area (Å²) < 4.78 is 7.55. The van der Waals surface area contributed by atoms with Crippen LogP contribution in [-0.4, -0.2) is 44.2 Å². The molecule has 1 aromatic carbocycles. The summed E-state index contributed by atoms with van der Waals surface area (Å²) in [5, 5.41) is 19.9. The summed E-state index contributed by atoms with van der Waals surface area (Å²) in [5.41, 5.74) is 5.23. The third kappa shape index (κ3) is 7.40. The molecule has 0 saturated carbocycles. The van der Waals surface area contributed by atoms with Gasteiger partial charge in [-0.1, -0.05) is 37.2 Å². The highest BCUT2D eigenvalue weighted by molar-refractivity contribution is 7.99. The molecule has 2 aromatic rings. The first-order valence-corrected chi connectivity index (χ1v) is 10.1. The van der Waals surface area contributed by atoms with Crippen molar-refractivity contribution >= 4 is 29.3 Å². The number of thioether (sulfide) groups is 1. The zero-order valence-electron chi connectivity index (χ0n) is 15.5. The molecule has 0 aliphatic rings. The minimum atomic E-state index is -0.663. The molecule has 7 nitrogen and oxygen atoms in total. The molecule has 1 aromatic heterocycles. The van der Waals surface area contributed by atoms with Crippen LogP contribution < -0.4 is 10.5 Å². The predicted octanol–water partition coefficient (Wildman–Crippen LogP) is 2.54. The van der Waals surface area contributed by atoms with Gasteiger partial charge >= 0.3 is 0 Å². The normalized spacial score (nSPS) is 12.3. The second-order valence-corrected chi connectivity index (χ2v) is 8.02. The van der Waals surface area contributed by atoms with Crippen molar-refractivity contribution in [2.75, 3.05) is 12.4 Å². The molecule has 0 aliphatic carbocycles. The number of carbonyl (C=O) groups excluding carboxylic acids is 1. The lowest BCUT2D eigenvalue weighted by Gasteiger charge is -2.14. The highest BCUT2D eigenvalue weighted by atomic mass is 35.5. The number of nitrogens with zero attached hydrogens (tertiary/aromatic N) is 3. The van der Waals surface area contributed by atoms with E-state index in [2.05, 4.69) is 24.0 Å². The van der Waals surface area contributed by atoms with Gasteiger partial charge in [0.05, 0.1) is 6.10 Å². The van der Waals surface area contributed by atoms with Gasteiger partial charge in [-0.3, -0.25) is 4.79 Å². The molecule has 3 N–H and O–H groups in total. The van der Waals surface area contributed by atoms with Crippen molar-refractivity contribution in [3.05, 3.63) is 35.1 Å². The standard InChI is InChI=1S/C18H25ClN4O3S/c1-12(2)9-23-17(8-7-16(20)25)21-22-18(23)27-11-14(24)10-26-15-5-3-13(19)4-6-15/h3-6,12,14,24H,7-11H2,1-2H3,(H2,20,25). The average molecular weight is 413 g/mol. The summed E-state index contributed by atoms with van der Waals surface area (Å²) in [7, 11) is 0. The van der Waals surface area contributed by atoms with Gasteiger partial charge in [0.25, 0.3) is 0 Å². The van der Waals surface area contributed by atoms with Crippen molar-refractivity contribution in [2.24, 2.45) is 11.7 Å². The number of carbonyl (C=O) groups is 1. The molecule has 148 valence electrons. The predicted molar refractivity (Wildman–Crippen MR) is 106 cm³/mol. The molecule has 1 amide bonds. The molecule has 9 heteroatoms. The Morgan fingerprint density at radius 2 is 2.04 bits per heavy atom. The molecule has 1 unspecified atom stereocenters. The van der Waals surface area contributed by atoms with Gasteiger partial charge in [-0.2, -0.15) is 0 Å². The lowest BCUT2D eigenvalue weighted by atomic mass is 10.2. The van der Waals surface area contributed by atoms with Gasteiger partial charge < -0.3 is 20.1 Å². The zero-order chi connectivity index (χ0) is 19.8. The largest absolute Gasteiger partial charge is 0.491 e. The topological polar surface area (TPSA) is 103 Å². The Morgan fingerprint density at radius 1 is 1.33 bits per heavy atom. The Hall–Kier alpha value is -1.77. The monoisotopic (exact) mass is 412 g/mol. The summed E-state index contributed by atoms with van der Waals surface area (Å²) in [6, 6.07) is 6.99. The number of halogens is 1. The number of hydrogen-bond acceptors (Lipinski definition) is 6. The van der Waals surface area contributed by atoms with Gasteiger partial charge in [-0.25, -0.2) is 0 Å². The van der Waals surface area contributed by atoms with Gasteiger partial charge in [0, 0.05) is 30.2 Å². The second-order valence-electron chi connectivity index (χ2n) is 6.60. The maximum atomic E-state index is 11.0. The van der Waals surface area contributed by atoms with Crippen LogP contribution in [0.5, 0.6) is 5.75 Å². The smallest absolute Gasteiger partial charge is 0.217 e. The van der Waals surface area contributed by atoms with Gasteiger partial charge in [0.2, 0.25) is 5.91 Å². The molecule has 0 bridgehead atoms. The average Bonchev–Trinajstić information content (AvgIpc) is 2.98. The third-order valence-corrected chi connectivity index (χ3v) is 4.96. The number of hydrogen-bond donors (Lipinski definition) is 2. The van der Waals surface area contributed by atoms with Crippen LogP contribution in [0.1, 0.15) is 26.1 Å². The fraction of sp³-hybridized carbons (Fsp3) is 0.500. The van der Waals surface area contributed by atoms with Crippen LogP contribution in [0.25, 0.3) is 0 Å². The molecule has 1 atom stereocenters. The fourth-order valence-corrected chi connectivity index (χ4v) is 3.33. The van der Waals surface area contributed by atoms with E-state index in [1.807, 2.05) is 4.57 Å². The van der Waals surface area contributed by atoms with Crippen LogP contribution >= 0.6 is 23.4 Å². The number of ether oxygens (including phenoxy) is 1. The van der Waals surface area contributed by atoms with Crippen molar-refractivity contribution < 1.29 is 14.6 Å². The van der Waals surface area contributed by atoms with E-state index in [9.17, 15) is 9.90 Å². The number of aliphatic hydroxyl groups excluding tert-OH is 1. The molecule has 27 heavy (non-hydrogen) atoms. The number of aryl methyl sites for hydroxylation is 1. The summed E-state index contributed by atoms with van der Waals surface area (Å²) in [6.45, 7) is 5.10. The summed E-state index contributed by atoms with van der Waals surface area (Å²) in [4.78, 5) is 11.0. The second kappa shape index (κ2) is 10.5. The number of primary amides is 1. The number of rotatable bonds is 11. The van der Waals surface area contributed by atoms with Crippen molar-refractivity contribution in [3.63, 3.8) is 0 Å². The first kappa shape index (κ1) is 21.5.